The maximum Gasteiger partial charge on any atom is 0.143 e. The Morgan fingerprint density at radius 1 is 0.170 bits per heavy atom. The van der Waals surface area contributed by atoms with Gasteiger partial charge in [-0.2, -0.15) is 0 Å². The first-order valence-electron chi connectivity index (χ1n) is 38.6. The van der Waals surface area contributed by atoms with E-state index in [-0.39, 0.29) is 0 Å². The highest BCUT2D eigenvalue weighted by Gasteiger charge is 2.46. The van der Waals surface area contributed by atoms with Crippen molar-refractivity contribution in [3.63, 3.8) is 0 Å². The van der Waals surface area contributed by atoms with Crippen LogP contribution in [0.25, 0.3) is 143 Å². The molecule has 20 aromatic rings. The van der Waals surface area contributed by atoms with E-state index in [1.165, 1.54) is 110 Å². The predicted octanol–water partition coefficient (Wildman–Crippen LogP) is 30.0. The molecule has 0 bridgehead atoms. The van der Waals surface area contributed by atoms with Crippen LogP contribution in [0.1, 0.15) is 22.3 Å². The highest BCUT2D eigenvalue weighted by atomic mass is 16.3. The minimum Gasteiger partial charge on any atom is -0.455 e. The third-order valence-corrected chi connectivity index (χ3v) is 23.2. The van der Waals surface area contributed by atoms with Gasteiger partial charge in [0.05, 0.1) is 5.41 Å². The number of hydrogen-bond donors (Lipinski definition) is 0. The molecule has 3 nitrogen and oxygen atoms in total. The van der Waals surface area contributed by atoms with Gasteiger partial charge in [-0.15, -0.1) is 0 Å². The van der Waals surface area contributed by atoms with Gasteiger partial charge < -0.3 is 14.2 Å². The topological polar surface area (TPSA) is 19.6 Å². The number of rotatable bonds is 15. The van der Waals surface area contributed by atoms with Crippen LogP contribution in [-0.2, 0) is 5.41 Å². The van der Waals surface area contributed by atoms with Crippen LogP contribution in [0.3, 0.4) is 0 Å². The molecule has 524 valence electrons. The number of furan rings is 1. The van der Waals surface area contributed by atoms with E-state index in [9.17, 15) is 0 Å². The lowest BCUT2D eigenvalue weighted by Crippen LogP contribution is -2.28. The Labute approximate surface area is 651 Å². The summed E-state index contributed by atoms with van der Waals surface area (Å²) in [5, 5.41) is 9.36. The molecule has 0 fully saturated rings. The summed E-state index contributed by atoms with van der Waals surface area (Å²) in [4.78, 5) is 4.83. The molecule has 1 aliphatic carbocycles. The second kappa shape index (κ2) is 27.5. The number of hydrogen-bond acceptors (Lipinski definition) is 3. The maximum absolute atomic E-state index is 7.04. The van der Waals surface area contributed by atoms with Gasteiger partial charge >= 0.3 is 0 Å². The van der Waals surface area contributed by atoms with Crippen LogP contribution in [0.4, 0.5) is 34.1 Å². The van der Waals surface area contributed by atoms with Crippen LogP contribution in [0, 0.1) is 0 Å². The Morgan fingerprint density at radius 2 is 0.500 bits per heavy atom. The first-order chi connectivity index (χ1) is 55.5. The molecule has 1 heterocycles. The fraction of sp³-hybridized carbons (Fsp3) is 0.00917. The van der Waals surface area contributed by atoms with Crippen molar-refractivity contribution >= 4 is 88.4 Å². The van der Waals surface area contributed by atoms with E-state index in [1.807, 2.05) is 0 Å². The van der Waals surface area contributed by atoms with Gasteiger partial charge in [0.1, 0.15) is 11.2 Å². The maximum atomic E-state index is 7.04. The Bertz CT molecular complexity index is 6750. The molecule has 1 aromatic heterocycles. The van der Waals surface area contributed by atoms with E-state index < -0.39 is 5.41 Å². The van der Waals surface area contributed by atoms with Crippen molar-refractivity contribution in [2.24, 2.45) is 0 Å². The Kier molecular flexibility index (Phi) is 16.1. The molecule has 19 aromatic carbocycles. The lowest BCUT2D eigenvalue weighted by atomic mass is 9.67. The average molecular weight is 1430 g/mol. The fourth-order valence-corrected chi connectivity index (χ4v) is 17.8. The molecule has 0 aliphatic heterocycles. The van der Waals surface area contributed by atoms with Crippen molar-refractivity contribution in [2.45, 2.75) is 5.41 Å². The average Bonchev–Trinajstić information content (AvgIpc) is 1.52. The molecule has 0 radical (unpaired) electrons. The molecule has 0 amide bonds. The third kappa shape index (κ3) is 11.4. The van der Waals surface area contributed by atoms with Gasteiger partial charge in [0.2, 0.25) is 0 Å². The van der Waals surface area contributed by atoms with E-state index in [0.29, 0.717) is 0 Å². The van der Waals surface area contributed by atoms with E-state index in [1.54, 1.807) is 0 Å². The van der Waals surface area contributed by atoms with Gasteiger partial charge in [-0.3, -0.25) is 0 Å². The number of anilines is 6. The smallest absolute Gasteiger partial charge is 0.143 e. The van der Waals surface area contributed by atoms with E-state index >= 15 is 0 Å². The molecular weight excluding hydrogens is 1350 g/mol. The molecule has 0 N–H and O–H groups in total. The summed E-state index contributed by atoms with van der Waals surface area (Å²) >= 11 is 0. The quantitative estimate of drug-likeness (QED) is 0.0954. The van der Waals surface area contributed by atoms with Crippen LogP contribution in [0.15, 0.2) is 441 Å². The zero-order chi connectivity index (χ0) is 74.1. The Balaban J connectivity index is 0.648. The molecule has 0 spiro atoms. The lowest BCUT2D eigenvalue weighted by molar-refractivity contribution is 0.670. The predicted molar refractivity (Wildman–Crippen MR) is 471 cm³/mol. The van der Waals surface area contributed by atoms with Gasteiger partial charge in [-0.1, -0.05) is 346 Å². The lowest BCUT2D eigenvalue weighted by Gasteiger charge is -2.35. The molecule has 21 rings (SSSR count). The minimum absolute atomic E-state index is 0.569. The highest BCUT2D eigenvalue weighted by Crippen LogP contribution is 2.58. The van der Waals surface area contributed by atoms with Crippen molar-refractivity contribution in [3.05, 3.63) is 459 Å². The second-order valence-corrected chi connectivity index (χ2v) is 29.4. The Hall–Kier alpha value is -14.6. The second-order valence-electron chi connectivity index (χ2n) is 29.4. The fourth-order valence-electron chi connectivity index (χ4n) is 17.8. The summed E-state index contributed by atoms with van der Waals surface area (Å²) in [6.07, 6.45) is 0. The summed E-state index contributed by atoms with van der Waals surface area (Å²) in [6, 6.07) is 160. The first-order valence-corrected chi connectivity index (χ1v) is 38.6. The van der Waals surface area contributed by atoms with Crippen LogP contribution < -0.4 is 9.80 Å². The van der Waals surface area contributed by atoms with Crippen LogP contribution in [-0.4, -0.2) is 0 Å². The molecule has 0 unspecified atom stereocenters. The molecule has 112 heavy (non-hydrogen) atoms. The van der Waals surface area contributed by atoms with Crippen LogP contribution in [0.2, 0.25) is 0 Å². The zero-order valence-electron chi connectivity index (χ0n) is 61.4. The van der Waals surface area contributed by atoms with Gasteiger partial charge in [0.15, 0.2) is 0 Å². The Morgan fingerprint density at radius 3 is 1.04 bits per heavy atom. The van der Waals surface area contributed by atoms with Crippen molar-refractivity contribution in [3.8, 4) is 89.0 Å². The van der Waals surface area contributed by atoms with Gasteiger partial charge in [0.25, 0.3) is 0 Å². The van der Waals surface area contributed by atoms with Crippen molar-refractivity contribution in [1.29, 1.82) is 0 Å². The van der Waals surface area contributed by atoms with Crippen molar-refractivity contribution in [1.82, 2.24) is 0 Å². The number of fused-ring (bicyclic) bond motifs is 12. The number of nitrogens with zero attached hydrogens (tertiary/aromatic N) is 2. The first kappa shape index (κ1) is 65.6. The molecule has 0 saturated heterocycles. The SMILES string of the molecule is c1ccc(-c2ccc(-c3ccc(N(c4ccc(-c5ccc(-c6ccccc6)cc5)cc4)c4cccc(-c5cccc6c5oc5ccc(-c7ccc8c9ccccc9c9cc(N(c%10ccc(-c%11ccccc%11)cc%10)c%10ccc%11c(c%10)C(c%10ccccc%10)(c%10ccccc%10)c%10ccccc%10-%11)ccc9c8c7)cc56)c4)cc3)cc2)cc1. The minimum atomic E-state index is -0.569. The van der Waals surface area contributed by atoms with E-state index in [4.69, 9.17) is 4.42 Å². The van der Waals surface area contributed by atoms with Crippen LogP contribution >= 0.6 is 0 Å². The molecular formula is C109H72N2O. The zero-order valence-corrected chi connectivity index (χ0v) is 61.4. The summed E-state index contributed by atoms with van der Waals surface area (Å²) < 4.78 is 7.04. The summed E-state index contributed by atoms with van der Waals surface area (Å²) in [6.45, 7) is 0. The molecule has 0 saturated carbocycles. The van der Waals surface area contributed by atoms with Crippen molar-refractivity contribution in [2.75, 3.05) is 9.80 Å². The highest BCUT2D eigenvalue weighted by molar-refractivity contribution is 6.26. The van der Waals surface area contributed by atoms with Crippen LogP contribution in [0.5, 0.6) is 0 Å². The van der Waals surface area contributed by atoms with Gasteiger partial charge in [0, 0.05) is 50.5 Å². The summed E-state index contributed by atoms with van der Waals surface area (Å²) in [5.74, 6) is 0. The van der Waals surface area contributed by atoms with Gasteiger partial charge in [-0.25, -0.2) is 0 Å². The molecule has 1 aliphatic rings. The molecule has 0 atom stereocenters. The summed E-state index contributed by atoms with van der Waals surface area (Å²) in [7, 11) is 0. The molecule has 3 heteroatoms. The normalized spacial score (nSPS) is 12.2. The largest absolute Gasteiger partial charge is 0.455 e. The monoisotopic (exact) mass is 1420 g/mol. The van der Waals surface area contributed by atoms with E-state index in [0.717, 1.165) is 89.4 Å². The third-order valence-electron chi connectivity index (χ3n) is 23.2. The van der Waals surface area contributed by atoms with Crippen molar-refractivity contribution < 1.29 is 4.42 Å². The van der Waals surface area contributed by atoms with Gasteiger partial charge in [-0.05, 0) is 229 Å². The number of benzene rings is 19. The summed E-state index contributed by atoms with van der Waals surface area (Å²) in [5.41, 5.74) is 31.2. The van der Waals surface area contributed by atoms with E-state index in [2.05, 4.69) is 447 Å². The number of para-hydroxylation sites is 1. The standard InChI is InChI=1S/C109H72N2O/c1-6-22-73(23-7-1)76-40-44-78(45-41-76)81-50-56-88(57-51-81)110(89-58-52-82(53-59-89)79-46-42-77(43-47-79)74-24-8-2-9-25-74)91-33-20-28-85(68-91)94-37-21-38-101-104-70-84(55-67-107(104)112-108(94)101)83-54-64-97-95-34-16-17-35-96(95)103-71-92(62-65-98(103)102(97)69-83)111(90-60-48-80(49-61-90)75-26-10-3-11-27-75)93-63-66-100-99-36-18-19-39-105(99)109(106(100)72-93,86-29-12-4-13-30-86)87-31-14-5-15-32-87/h1-72H.